The van der Waals surface area contributed by atoms with E-state index in [1.807, 2.05) is 20.8 Å². The van der Waals surface area contributed by atoms with Gasteiger partial charge in [0.2, 0.25) is 0 Å². The van der Waals surface area contributed by atoms with Crippen molar-refractivity contribution < 1.29 is 4.39 Å². The summed E-state index contributed by atoms with van der Waals surface area (Å²) in [5, 5.41) is 10.4. The number of aryl methyl sites for hydroxylation is 3. The molecule has 0 spiro atoms. The molecule has 5 nitrogen and oxygen atoms in total. The molecule has 1 fully saturated rings. The molecule has 0 unspecified atom stereocenters. The van der Waals surface area contributed by atoms with Crippen LogP contribution in [-0.2, 0) is 13.1 Å². The average Bonchev–Trinajstić information content (AvgIpc) is 3.16. The van der Waals surface area contributed by atoms with Gasteiger partial charge in [-0.1, -0.05) is 0 Å². The third kappa shape index (κ3) is 4.02. The number of rotatable bonds is 6. The van der Waals surface area contributed by atoms with E-state index in [2.05, 4.69) is 37.4 Å². The van der Waals surface area contributed by atoms with Gasteiger partial charge in [0.15, 0.2) is 0 Å². The van der Waals surface area contributed by atoms with Gasteiger partial charge in [0.1, 0.15) is 6.17 Å². The molecule has 0 aromatic carbocycles. The second kappa shape index (κ2) is 7.29. The first-order chi connectivity index (χ1) is 11.4. The number of alkyl halides is 1. The molecule has 2 aromatic heterocycles. The van der Waals surface area contributed by atoms with Crippen molar-refractivity contribution in [3.05, 3.63) is 33.0 Å². The van der Waals surface area contributed by atoms with Gasteiger partial charge in [-0.2, -0.15) is 5.10 Å². The van der Waals surface area contributed by atoms with Crippen molar-refractivity contribution in [1.82, 2.24) is 25.0 Å². The molecular formula is C17H26FN5S. The average molecular weight is 351 g/mol. The monoisotopic (exact) mass is 351 g/mol. The van der Waals surface area contributed by atoms with Crippen LogP contribution in [0.1, 0.15) is 34.1 Å². The van der Waals surface area contributed by atoms with Crippen molar-refractivity contribution in [3.63, 3.8) is 0 Å². The second-order valence-corrected chi connectivity index (χ2v) is 7.95. The molecule has 3 rings (SSSR count). The van der Waals surface area contributed by atoms with E-state index in [1.54, 1.807) is 11.3 Å². The van der Waals surface area contributed by atoms with E-state index in [4.69, 9.17) is 0 Å². The van der Waals surface area contributed by atoms with Crippen LogP contribution in [0.25, 0.3) is 0 Å². The Morgan fingerprint density at radius 2 is 2.21 bits per heavy atom. The lowest BCUT2D eigenvalue weighted by atomic mass is 10.1. The molecule has 1 saturated heterocycles. The number of thiazole rings is 1. The number of aromatic nitrogens is 3. The maximum atomic E-state index is 14.0. The van der Waals surface area contributed by atoms with Gasteiger partial charge in [-0.25, -0.2) is 9.37 Å². The highest BCUT2D eigenvalue weighted by Gasteiger charge is 2.33. The summed E-state index contributed by atoms with van der Waals surface area (Å²) in [4.78, 5) is 9.04. The highest BCUT2D eigenvalue weighted by molar-refractivity contribution is 7.09. The van der Waals surface area contributed by atoms with Crippen LogP contribution >= 0.6 is 11.3 Å². The summed E-state index contributed by atoms with van der Waals surface area (Å²) in [5.41, 5.74) is 4.46. The zero-order valence-electron chi connectivity index (χ0n) is 14.8. The van der Waals surface area contributed by atoms with E-state index in [0.717, 1.165) is 41.7 Å². The normalized spacial score (nSPS) is 21.9. The molecule has 3 heterocycles. The van der Waals surface area contributed by atoms with E-state index in [1.165, 1.54) is 5.56 Å². The molecule has 24 heavy (non-hydrogen) atoms. The van der Waals surface area contributed by atoms with Crippen molar-refractivity contribution in [2.75, 3.05) is 20.1 Å². The number of hydrogen-bond acceptors (Lipinski definition) is 5. The summed E-state index contributed by atoms with van der Waals surface area (Å²) >= 11 is 1.66. The number of halogens is 1. The Morgan fingerprint density at radius 1 is 1.42 bits per heavy atom. The minimum atomic E-state index is -0.736. The molecular weight excluding hydrogens is 325 g/mol. The van der Waals surface area contributed by atoms with Crippen LogP contribution in [0.4, 0.5) is 4.39 Å². The smallest absolute Gasteiger partial charge is 0.114 e. The molecule has 0 amide bonds. The molecule has 0 aliphatic carbocycles. The minimum absolute atomic E-state index is 0.236. The zero-order valence-corrected chi connectivity index (χ0v) is 15.7. The maximum Gasteiger partial charge on any atom is 0.114 e. The highest BCUT2D eigenvalue weighted by atomic mass is 32.1. The van der Waals surface area contributed by atoms with Gasteiger partial charge in [-0.15, -0.1) is 11.3 Å². The predicted molar refractivity (Wildman–Crippen MR) is 95.0 cm³/mol. The molecule has 2 atom stereocenters. The Hall–Kier alpha value is -1.31. The predicted octanol–water partition coefficient (Wildman–Crippen LogP) is 2.84. The Kier molecular flexibility index (Phi) is 5.32. The van der Waals surface area contributed by atoms with Gasteiger partial charge < -0.3 is 4.90 Å². The van der Waals surface area contributed by atoms with E-state index >= 15 is 0 Å². The van der Waals surface area contributed by atoms with Crippen LogP contribution in [0.5, 0.6) is 0 Å². The Bertz CT molecular complexity index is 663. The lowest BCUT2D eigenvalue weighted by Crippen LogP contribution is -2.38. The number of nitrogens with one attached hydrogen (secondary N) is 1. The van der Waals surface area contributed by atoms with Crippen LogP contribution in [0.3, 0.4) is 0 Å². The number of aromatic amines is 1. The lowest BCUT2D eigenvalue weighted by Gasteiger charge is -2.28. The van der Waals surface area contributed by atoms with Crippen LogP contribution in [0.15, 0.2) is 5.38 Å². The van der Waals surface area contributed by atoms with Gasteiger partial charge >= 0.3 is 0 Å². The van der Waals surface area contributed by atoms with Crippen LogP contribution < -0.4 is 0 Å². The zero-order chi connectivity index (χ0) is 17.3. The summed E-state index contributed by atoms with van der Waals surface area (Å²) in [6.45, 7) is 9.03. The summed E-state index contributed by atoms with van der Waals surface area (Å²) in [6, 6.07) is 0.236. The van der Waals surface area contributed by atoms with Gasteiger partial charge in [0, 0.05) is 48.9 Å². The summed E-state index contributed by atoms with van der Waals surface area (Å²) in [5.74, 6) is 0. The first-order valence-corrected chi connectivity index (χ1v) is 9.28. The van der Waals surface area contributed by atoms with Gasteiger partial charge in [0.25, 0.3) is 0 Å². The maximum absolute atomic E-state index is 14.0. The second-order valence-electron chi connectivity index (χ2n) is 6.88. The minimum Gasteiger partial charge on any atom is -0.300 e. The van der Waals surface area contributed by atoms with Crippen molar-refractivity contribution >= 4 is 11.3 Å². The molecule has 0 saturated carbocycles. The van der Waals surface area contributed by atoms with E-state index in [-0.39, 0.29) is 6.04 Å². The number of likely N-dealkylation sites (N-methyl/N-ethyl adjacent to an activating group) is 1. The summed E-state index contributed by atoms with van der Waals surface area (Å²) in [6.07, 6.45) is -0.128. The van der Waals surface area contributed by atoms with Crippen molar-refractivity contribution in [1.29, 1.82) is 0 Å². The third-order valence-electron chi connectivity index (χ3n) is 4.74. The molecule has 2 aromatic rings. The highest BCUT2D eigenvalue weighted by Crippen LogP contribution is 2.24. The first-order valence-electron chi connectivity index (χ1n) is 8.40. The molecule has 7 heteroatoms. The number of hydrogen-bond donors (Lipinski definition) is 1. The van der Waals surface area contributed by atoms with Crippen molar-refractivity contribution in [2.24, 2.45) is 0 Å². The standard InChI is InChI=1S/C17H26FN5S/c1-11-17(12(2)21-20-11)9-22(4)8-16-5-14(18)6-23(16)7-15-10-24-13(3)19-15/h10,14,16H,5-9H2,1-4H3,(H,20,21)/t14-,16-/m0/s1. The first kappa shape index (κ1) is 17.5. The van der Waals surface area contributed by atoms with E-state index in [9.17, 15) is 4.39 Å². The fourth-order valence-electron chi connectivity index (χ4n) is 3.50. The molecule has 1 aliphatic rings. The molecule has 132 valence electrons. The van der Waals surface area contributed by atoms with Gasteiger partial charge in [0.05, 0.1) is 16.4 Å². The Balaban J connectivity index is 1.61. The number of H-pyrrole nitrogens is 1. The van der Waals surface area contributed by atoms with Gasteiger partial charge in [-0.3, -0.25) is 10.00 Å². The van der Waals surface area contributed by atoms with Crippen LogP contribution in [-0.4, -0.2) is 57.3 Å². The lowest BCUT2D eigenvalue weighted by molar-refractivity contribution is 0.179. The fourth-order valence-corrected chi connectivity index (χ4v) is 4.10. The SMILES string of the molecule is Cc1nc(CN2C[C@@H](F)C[C@H]2CN(C)Cc2c(C)n[nH]c2C)cs1. The van der Waals surface area contributed by atoms with Crippen LogP contribution in [0, 0.1) is 20.8 Å². The number of likely N-dealkylation sites (tertiary alicyclic amines) is 1. The molecule has 1 aliphatic heterocycles. The third-order valence-corrected chi connectivity index (χ3v) is 5.56. The molecule has 0 bridgehead atoms. The topological polar surface area (TPSA) is 48.1 Å². The van der Waals surface area contributed by atoms with E-state index in [0.29, 0.717) is 13.0 Å². The Morgan fingerprint density at radius 3 is 2.83 bits per heavy atom. The van der Waals surface area contributed by atoms with Crippen LogP contribution in [0.2, 0.25) is 0 Å². The summed E-state index contributed by atoms with van der Waals surface area (Å²) in [7, 11) is 2.10. The largest absolute Gasteiger partial charge is 0.300 e. The Labute approximate surface area is 146 Å². The quantitative estimate of drug-likeness (QED) is 0.869. The fraction of sp³-hybridized carbons (Fsp3) is 0.647. The van der Waals surface area contributed by atoms with Gasteiger partial charge in [-0.05, 0) is 34.2 Å². The van der Waals surface area contributed by atoms with E-state index < -0.39 is 6.17 Å². The van der Waals surface area contributed by atoms with Crippen molar-refractivity contribution in [3.8, 4) is 0 Å². The van der Waals surface area contributed by atoms with Crippen molar-refractivity contribution in [2.45, 2.75) is 52.5 Å². The molecule has 0 radical (unpaired) electrons. The summed E-state index contributed by atoms with van der Waals surface area (Å²) < 4.78 is 14.0. The number of nitrogens with zero attached hydrogens (tertiary/aromatic N) is 4. The molecule has 1 N–H and O–H groups in total.